The molecule has 1 aliphatic carbocycles. The van der Waals surface area contributed by atoms with Gasteiger partial charge in [0, 0.05) is 0 Å². The molecule has 1 saturated carbocycles. The van der Waals surface area contributed by atoms with Crippen molar-refractivity contribution in [2.24, 2.45) is 11.1 Å². The van der Waals surface area contributed by atoms with Crippen LogP contribution < -0.4 is 0 Å². The van der Waals surface area contributed by atoms with E-state index in [0.29, 0.717) is 12.3 Å². The summed E-state index contributed by atoms with van der Waals surface area (Å²) in [5, 5.41) is 3.78. The van der Waals surface area contributed by atoms with Crippen molar-refractivity contribution in [2.75, 3.05) is 6.61 Å². The first-order valence-electron chi connectivity index (χ1n) is 4.73. The van der Waals surface area contributed by atoms with Crippen molar-refractivity contribution in [3.8, 4) is 0 Å². The Labute approximate surface area is 76.9 Å². The molecular weight excluding hydrogens is 170 g/mol. The van der Waals surface area contributed by atoms with Crippen molar-refractivity contribution in [1.29, 1.82) is 0 Å². The van der Waals surface area contributed by atoms with Gasteiger partial charge >= 0.3 is 5.97 Å². The van der Waals surface area contributed by atoms with Gasteiger partial charge in [-0.3, -0.25) is 0 Å². The summed E-state index contributed by atoms with van der Waals surface area (Å²) in [5.74, 6) is -0.115. The van der Waals surface area contributed by atoms with E-state index in [-0.39, 0.29) is 18.0 Å². The van der Waals surface area contributed by atoms with Crippen molar-refractivity contribution in [3.05, 3.63) is 0 Å². The minimum absolute atomic E-state index is 0.138. The van der Waals surface area contributed by atoms with Crippen LogP contribution in [0.25, 0.3) is 0 Å². The van der Waals surface area contributed by atoms with Crippen LogP contribution in [0, 0.1) is 5.92 Å². The van der Waals surface area contributed by atoms with E-state index in [2.05, 4.69) is 5.16 Å². The summed E-state index contributed by atoms with van der Waals surface area (Å²) >= 11 is 0. The molecule has 0 aromatic rings. The van der Waals surface area contributed by atoms with Crippen molar-refractivity contribution in [3.63, 3.8) is 0 Å². The second-order valence-corrected chi connectivity index (χ2v) is 3.38. The second-order valence-electron chi connectivity index (χ2n) is 3.38. The van der Waals surface area contributed by atoms with Gasteiger partial charge in [0.15, 0.2) is 5.71 Å². The Hall–Kier alpha value is -1.06. The van der Waals surface area contributed by atoms with E-state index < -0.39 is 0 Å². The zero-order valence-electron chi connectivity index (χ0n) is 7.66. The number of carbonyl (C=O) groups excluding carboxylic acids is 1. The van der Waals surface area contributed by atoms with Gasteiger partial charge in [0.05, 0.1) is 12.5 Å². The number of ether oxygens (including phenoxy) is 1. The first-order valence-corrected chi connectivity index (χ1v) is 4.73. The molecule has 1 fully saturated rings. The SMILES string of the molecule is CCOC(=O)C1=NO[C@@H]2CCC[C@@H]12. The molecule has 13 heavy (non-hydrogen) atoms. The monoisotopic (exact) mass is 183 g/mol. The van der Waals surface area contributed by atoms with Crippen molar-refractivity contribution < 1.29 is 14.4 Å². The molecule has 72 valence electrons. The molecule has 0 aromatic carbocycles. The zero-order chi connectivity index (χ0) is 9.26. The van der Waals surface area contributed by atoms with Gasteiger partial charge in [-0.15, -0.1) is 0 Å². The number of hydrogen-bond acceptors (Lipinski definition) is 4. The molecule has 4 nitrogen and oxygen atoms in total. The van der Waals surface area contributed by atoms with E-state index in [0.717, 1.165) is 19.3 Å². The first kappa shape index (κ1) is 8.53. The maximum absolute atomic E-state index is 11.4. The van der Waals surface area contributed by atoms with Crippen molar-refractivity contribution >= 4 is 11.7 Å². The highest BCUT2D eigenvalue weighted by atomic mass is 16.6. The maximum atomic E-state index is 11.4. The van der Waals surface area contributed by atoms with Crippen LogP contribution in [0.15, 0.2) is 5.16 Å². The van der Waals surface area contributed by atoms with Crippen LogP contribution in [0.1, 0.15) is 26.2 Å². The number of esters is 1. The third kappa shape index (κ3) is 1.41. The molecule has 2 rings (SSSR count). The summed E-state index contributed by atoms with van der Waals surface area (Å²) in [6.07, 6.45) is 3.27. The Balaban J connectivity index is 2.03. The fraction of sp³-hybridized carbons (Fsp3) is 0.778. The average molecular weight is 183 g/mol. The van der Waals surface area contributed by atoms with Gasteiger partial charge in [-0.1, -0.05) is 5.16 Å². The van der Waals surface area contributed by atoms with Gasteiger partial charge in [-0.05, 0) is 26.2 Å². The van der Waals surface area contributed by atoms with Gasteiger partial charge in [0.25, 0.3) is 0 Å². The van der Waals surface area contributed by atoms with E-state index in [4.69, 9.17) is 9.57 Å². The third-order valence-electron chi connectivity index (χ3n) is 2.57. The maximum Gasteiger partial charge on any atom is 0.356 e. The van der Waals surface area contributed by atoms with Crippen molar-refractivity contribution in [2.45, 2.75) is 32.3 Å². The number of carbonyl (C=O) groups is 1. The molecular formula is C9H13NO3. The molecule has 0 radical (unpaired) electrons. The van der Waals surface area contributed by atoms with Gasteiger partial charge in [0.1, 0.15) is 6.10 Å². The topological polar surface area (TPSA) is 47.9 Å². The first-order chi connectivity index (χ1) is 6.33. The van der Waals surface area contributed by atoms with Crippen molar-refractivity contribution in [1.82, 2.24) is 0 Å². The zero-order valence-corrected chi connectivity index (χ0v) is 7.66. The van der Waals surface area contributed by atoms with Crippen LogP contribution in [0.5, 0.6) is 0 Å². The van der Waals surface area contributed by atoms with Gasteiger partial charge in [0.2, 0.25) is 0 Å². The number of hydrogen-bond donors (Lipinski definition) is 0. The van der Waals surface area contributed by atoms with Crippen LogP contribution in [-0.2, 0) is 14.4 Å². The highest BCUT2D eigenvalue weighted by molar-refractivity contribution is 6.37. The molecule has 2 aliphatic rings. The van der Waals surface area contributed by atoms with Gasteiger partial charge in [-0.2, -0.15) is 0 Å². The standard InChI is InChI=1S/C9H13NO3/c1-2-12-9(11)8-6-4-3-5-7(6)13-10-8/h6-7H,2-5H2,1H3/t6-,7-/m1/s1. The Morgan fingerprint density at radius 2 is 2.54 bits per heavy atom. The number of nitrogens with zero attached hydrogens (tertiary/aromatic N) is 1. The minimum atomic E-state index is -0.308. The van der Waals surface area contributed by atoms with Crippen LogP contribution >= 0.6 is 0 Å². The summed E-state index contributed by atoms with van der Waals surface area (Å²) in [6, 6.07) is 0. The molecule has 0 unspecified atom stereocenters. The minimum Gasteiger partial charge on any atom is -0.461 e. The fourth-order valence-corrected chi connectivity index (χ4v) is 1.95. The number of fused-ring (bicyclic) bond motifs is 1. The predicted molar refractivity (Wildman–Crippen MR) is 46.3 cm³/mol. The van der Waals surface area contributed by atoms with Crippen LogP contribution in [-0.4, -0.2) is 24.4 Å². The summed E-state index contributed by atoms with van der Waals surface area (Å²) in [4.78, 5) is 16.5. The molecule has 0 saturated heterocycles. The van der Waals surface area contributed by atoms with Gasteiger partial charge in [-0.25, -0.2) is 4.79 Å². The van der Waals surface area contributed by atoms with E-state index in [9.17, 15) is 4.79 Å². The van der Waals surface area contributed by atoms with E-state index in [1.807, 2.05) is 0 Å². The second kappa shape index (κ2) is 3.36. The molecule has 2 atom stereocenters. The lowest BCUT2D eigenvalue weighted by Gasteiger charge is -2.07. The molecule has 4 heteroatoms. The number of rotatable bonds is 2. The van der Waals surface area contributed by atoms with Gasteiger partial charge < -0.3 is 9.57 Å². The molecule has 1 aliphatic heterocycles. The smallest absolute Gasteiger partial charge is 0.356 e. The van der Waals surface area contributed by atoms with E-state index in [1.165, 1.54) is 0 Å². The van der Waals surface area contributed by atoms with Crippen LogP contribution in [0.3, 0.4) is 0 Å². The normalized spacial score (nSPS) is 30.7. The largest absolute Gasteiger partial charge is 0.461 e. The highest BCUT2D eigenvalue weighted by Gasteiger charge is 2.41. The van der Waals surface area contributed by atoms with Crippen LogP contribution in [0.2, 0.25) is 0 Å². The summed E-state index contributed by atoms with van der Waals surface area (Å²) in [6.45, 7) is 2.19. The summed E-state index contributed by atoms with van der Waals surface area (Å²) in [7, 11) is 0. The highest BCUT2D eigenvalue weighted by Crippen LogP contribution is 2.34. The quantitative estimate of drug-likeness (QED) is 0.602. The van der Waals surface area contributed by atoms with E-state index in [1.54, 1.807) is 6.92 Å². The lowest BCUT2D eigenvalue weighted by molar-refractivity contribution is -0.135. The Morgan fingerprint density at radius 1 is 1.69 bits per heavy atom. The molecule has 1 heterocycles. The van der Waals surface area contributed by atoms with E-state index >= 15 is 0 Å². The summed E-state index contributed by atoms with van der Waals surface area (Å²) in [5.41, 5.74) is 0.490. The molecule has 0 bridgehead atoms. The Kier molecular flexibility index (Phi) is 2.20. The number of oxime groups is 1. The molecule has 0 N–H and O–H groups in total. The fourth-order valence-electron chi connectivity index (χ4n) is 1.95. The Bertz CT molecular complexity index is 249. The molecule has 0 amide bonds. The average Bonchev–Trinajstić information content (AvgIpc) is 2.62. The molecule has 0 aromatic heterocycles. The van der Waals surface area contributed by atoms with Crippen LogP contribution in [0.4, 0.5) is 0 Å². The lowest BCUT2D eigenvalue weighted by atomic mass is 10.0. The Morgan fingerprint density at radius 3 is 3.31 bits per heavy atom. The third-order valence-corrected chi connectivity index (χ3v) is 2.57. The predicted octanol–water partition coefficient (Wildman–Crippen LogP) is 1.10. The summed E-state index contributed by atoms with van der Waals surface area (Å²) < 4.78 is 4.88. The lowest BCUT2D eigenvalue weighted by Crippen LogP contribution is -2.26. The molecule has 0 spiro atoms.